The Kier molecular flexibility index (Phi) is 2.70. The van der Waals surface area contributed by atoms with E-state index in [4.69, 9.17) is 5.11 Å². The second-order valence-corrected chi connectivity index (χ2v) is 3.14. The number of nitrogens with zero attached hydrogens (tertiary/aromatic N) is 1. The fourth-order valence-corrected chi connectivity index (χ4v) is 1.14. The van der Waals surface area contributed by atoms with Crippen molar-refractivity contribution in [1.29, 1.82) is 0 Å². The average Bonchev–Trinajstić information content (AvgIpc) is 2.80. The minimum atomic E-state index is -2.83. The molecule has 0 aromatic heterocycles. The van der Waals surface area contributed by atoms with Crippen molar-refractivity contribution in [3.63, 3.8) is 0 Å². The highest BCUT2D eigenvalue weighted by atomic mass is 19.3. The van der Waals surface area contributed by atoms with E-state index in [0.29, 0.717) is 12.8 Å². The monoisotopic (exact) mass is 195 g/mol. The van der Waals surface area contributed by atoms with Crippen LogP contribution in [0.1, 0.15) is 12.8 Å². The maximum atomic E-state index is 11.7. The zero-order chi connectivity index (χ0) is 10.1. The first-order valence-corrected chi connectivity index (χ1v) is 3.84. The van der Waals surface area contributed by atoms with Gasteiger partial charge in [-0.3, -0.25) is 0 Å². The number of hydrogen-bond donors (Lipinski definition) is 1. The van der Waals surface area contributed by atoms with Gasteiger partial charge in [0.05, 0.1) is 12.1 Å². The normalized spacial score (nSPS) is 18.8. The van der Waals surface area contributed by atoms with Gasteiger partial charge in [-0.25, -0.2) is 4.79 Å². The summed E-state index contributed by atoms with van der Waals surface area (Å²) in [6.45, 7) is -3.06. The summed E-state index contributed by atoms with van der Waals surface area (Å²) in [6.07, 6.45) is 0.0563. The summed E-state index contributed by atoms with van der Waals surface area (Å²) in [5.41, 5.74) is -0.706. The summed E-state index contributed by atoms with van der Waals surface area (Å²) in [4.78, 5) is 11.6. The van der Waals surface area contributed by atoms with Gasteiger partial charge in [-0.15, -0.1) is 0 Å². The van der Waals surface area contributed by atoms with Gasteiger partial charge in [0.1, 0.15) is 0 Å². The highest BCUT2D eigenvalue weighted by Gasteiger charge is 2.49. The van der Waals surface area contributed by atoms with Crippen molar-refractivity contribution in [2.75, 3.05) is 13.7 Å². The molecule has 0 aromatic carbocycles. The fraction of sp³-hybridized carbons (Fsp3) is 0.857. The Bertz CT molecular complexity index is 206. The van der Waals surface area contributed by atoms with Crippen molar-refractivity contribution in [2.45, 2.75) is 25.0 Å². The largest absolute Gasteiger partial charge is 0.465 e. The number of rotatable bonds is 4. The van der Waals surface area contributed by atoms with E-state index in [-0.39, 0.29) is 6.61 Å². The molecule has 1 amide bonds. The first-order valence-electron chi connectivity index (χ1n) is 3.84. The Morgan fingerprint density at radius 1 is 1.69 bits per heavy atom. The molecular formula is C7H11F2NO3. The number of alkyl halides is 2. The lowest BCUT2D eigenvalue weighted by atomic mass is 10.3. The number of hydrogen-bond acceptors (Lipinski definition) is 2. The van der Waals surface area contributed by atoms with E-state index < -0.39 is 18.2 Å². The third-order valence-corrected chi connectivity index (χ3v) is 2.30. The predicted octanol–water partition coefficient (Wildman–Crippen LogP) is 1.37. The van der Waals surface area contributed by atoms with Gasteiger partial charge in [-0.05, 0) is 12.8 Å². The summed E-state index contributed by atoms with van der Waals surface area (Å²) >= 11 is 0. The van der Waals surface area contributed by atoms with Crippen LogP contribution in [0.5, 0.6) is 0 Å². The minimum absolute atomic E-state index is 0.229. The fourth-order valence-electron chi connectivity index (χ4n) is 1.14. The van der Waals surface area contributed by atoms with Crippen molar-refractivity contribution >= 4 is 6.09 Å². The molecule has 0 atom stereocenters. The van der Waals surface area contributed by atoms with Gasteiger partial charge in [0.2, 0.25) is 0 Å². The lowest BCUT2D eigenvalue weighted by molar-refractivity contribution is -0.141. The molecule has 1 fully saturated rings. The van der Waals surface area contributed by atoms with Crippen molar-refractivity contribution in [3.8, 4) is 0 Å². The molecule has 4 nitrogen and oxygen atoms in total. The maximum Gasteiger partial charge on any atom is 0.407 e. The summed E-state index contributed by atoms with van der Waals surface area (Å²) in [5, 5.41) is 8.61. The summed E-state index contributed by atoms with van der Waals surface area (Å²) in [7, 11) is 1.37. The summed E-state index contributed by atoms with van der Waals surface area (Å²) in [6, 6.07) is 0. The number of likely N-dealkylation sites (N-methyl/N-ethyl adjacent to an activating group) is 1. The Hall–Kier alpha value is -0.910. The van der Waals surface area contributed by atoms with Gasteiger partial charge in [-0.1, -0.05) is 0 Å². The van der Waals surface area contributed by atoms with Crippen LogP contribution in [0.2, 0.25) is 0 Å². The smallest absolute Gasteiger partial charge is 0.407 e. The molecule has 0 radical (unpaired) electrons. The minimum Gasteiger partial charge on any atom is -0.465 e. The highest BCUT2D eigenvalue weighted by molar-refractivity contribution is 5.66. The van der Waals surface area contributed by atoms with Crippen LogP contribution in [0.4, 0.5) is 13.6 Å². The first kappa shape index (κ1) is 10.2. The predicted molar refractivity (Wildman–Crippen MR) is 39.7 cm³/mol. The standard InChI is InChI=1S/C7H11F2NO3/c1-10(6(11)12)7(2-3-7)4-13-5(8)9/h5H,2-4H2,1H3,(H,11,12). The molecule has 0 unspecified atom stereocenters. The lowest BCUT2D eigenvalue weighted by Gasteiger charge is -2.24. The second-order valence-electron chi connectivity index (χ2n) is 3.14. The van der Waals surface area contributed by atoms with Crippen LogP contribution < -0.4 is 0 Å². The molecule has 0 heterocycles. The number of ether oxygens (including phenoxy) is 1. The molecule has 1 rings (SSSR count). The van der Waals surface area contributed by atoms with Crippen molar-refractivity contribution in [1.82, 2.24) is 4.90 Å². The third kappa shape index (κ3) is 2.27. The molecule has 0 saturated heterocycles. The Morgan fingerprint density at radius 3 is 2.54 bits per heavy atom. The number of amides is 1. The molecule has 0 bridgehead atoms. The van der Waals surface area contributed by atoms with Crippen LogP contribution in [0.15, 0.2) is 0 Å². The van der Waals surface area contributed by atoms with E-state index in [1.165, 1.54) is 7.05 Å². The number of carbonyl (C=O) groups is 1. The van der Waals surface area contributed by atoms with Crippen molar-refractivity contribution in [3.05, 3.63) is 0 Å². The van der Waals surface area contributed by atoms with Crippen LogP contribution in [-0.4, -0.2) is 41.9 Å². The van der Waals surface area contributed by atoms with Crippen molar-refractivity contribution < 1.29 is 23.4 Å². The molecule has 1 N–H and O–H groups in total. The summed E-state index contributed by atoms with van der Waals surface area (Å²) in [5.74, 6) is 0. The topological polar surface area (TPSA) is 49.8 Å². The van der Waals surface area contributed by atoms with E-state index in [1.807, 2.05) is 0 Å². The maximum absolute atomic E-state index is 11.7. The van der Waals surface area contributed by atoms with Gasteiger partial charge < -0.3 is 14.7 Å². The Balaban J connectivity index is 2.42. The molecular weight excluding hydrogens is 184 g/mol. The van der Waals surface area contributed by atoms with Gasteiger partial charge >= 0.3 is 12.7 Å². The van der Waals surface area contributed by atoms with Crippen LogP contribution in [0, 0.1) is 0 Å². The van der Waals surface area contributed by atoms with Crippen LogP contribution in [0.25, 0.3) is 0 Å². The van der Waals surface area contributed by atoms with E-state index in [0.717, 1.165) is 4.90 Å². The SMILES string of the molecule is CN(C(=O)O)C1(COC(F)F)CC1. The molecule has 1 aliphatic carbocycles. The molecule has 0 aliphatic heterocycles. The molecule has 76 valence electrons. The Labute approximate surface area is 74.1 Å². The molecule has 0 aromatic rings. The van der Waals surface area contributed by atoms with E-state index in [2.05, 4.69) is 4.74 Å². The van der Waals surface area contributed by atoms with E-state index in [1.54, 1.807) is 0 Å². The van der Waals surface area contributed by atoms with E-state index in [9.17, 15) is 13.6 Å². The van der Waals surface area contributed by atoms with Crippen LogP contribution in [-0.2, 0) is 4.74 Å². The molecule has 6 heteroatoms. The second kappa shape index (κ2) is 3.45. The zero-order valence-electron chi connectivity index (χ0n) is 7.17. The number of halogens is 2. The van der Waals surface area contributed by atoms with E-state index >= 15 is 0 Å². The highest BCUT2D eigenvalue weighted by Crippen LogP contribution is 2.41. The first-order chi connectivity index (χ1) is 5.98. The third-order valence-electron chi connectivity index (χ3n) is 2.30. The van der Waals surface area contributed by atoms with Gasteiger partial charge in [0, 0.05) is 7.05 Å². The zero-order valence-corrected chi connectivity index (χ0v) is 7.17. The van der Waals surface area contributed by atoms with Gasteiger partial charge in [-0.2, -0.15) is 8.78 Å². The van der Waals surface area contributed by atoms with Crippen LogP contribution >= 0.6 is 0 Å². The Morgan fingerprint density at radius 2 is 2.23 bits per heavy atom. The van der Waals surface area contributed by atoms with Crippen molar-refractivity contribution in [2.24, 2.45) is 0 Å². The van der Waals surface area contributed by atoms with Crippen LogP contribution in [0.3, 0.4) is 0 Å². The average molecular weight is 195 g/mol. The quantitative estimate of drug-likeness (QED) is 0.736. The lowest BCUT2D eigenvalue weighted by Crippen LogP contribution is -2.41. The molecule has 0 spiro atoms. The summed E-state index contributed by atoms with van der Waals surface area (Å²) < 4.78 is 27.4. The molecule has 1 saturated carbocycles. The molecule has 1 aliphatic rings. The molecule has 13 heavy (non-hydrogen) atoms. The van der Waals surface area contributed by atoms with Gasteiger partial charge in [0.15, 0.2) is 0 Å². The number of carboxylic acid groups (broad SMARTS) is 1. The van der Waals surface area contributed by atoms with Gasteiger partial charge in [0.25, 0.3) is 0 Å².